The summed E-state index contributed by atoms with van der Waals surface area (Å²) < 4.78 is 24.5. The first-order valence-electron chi connectivity index (χ1n) is 10.8. The highest BCUT2D eigenvalue weighted by Crippen LogP contribution is 2.48. The van der Waals surface area contributed by atoms with Gasteiger partial charge in [-0.15, -0.1) is 0 Å². The lowest BCUT2D eigenvalue weighted by Gasteiger charge is -2.45. The van der Waals surface area contributed by atoms with Crippen LogP contribution in [0.5, 0.6) is 11.5 Å². The monoisotopic (exact) mass is 480 g/mol. The highest BCUT2D eigenvalue weighted by atomic mass is 35.5. The van der Waals surface area contributed by atoms with E-state index in [2.05, 4.69) is 5.32 Å². The summed E-state index contributed by atoms with van der Waals surface area (Å²) in [4.78, 5) is 29.1. The van der Waals surface area contributed by atoms with Gasteiger partial charge in [-0.05, 0) is 53.4 Å². The van der Waals surface area contributed by atoms with Crippen molar-refractivity contribution in [3.8, 4) is 11.5 Å². The molecule has 2 amide bonds. The second-order valence-electron chi connectivity index (χ2n) is 8.28. The fourth-order valence-electron chi connectivity index (χ4n) is 4.93. The number of fused-ring (bicyclic) bond motifs is 4. The van der Waals surface area contributed by atoms with E-state index < -0.39 is 17.8 Å². The average Bonchev–Trinajstić information content (AvgIpc) is 2.85. The predicted octanol–water partition coefficient (Wildman–Crippen LogP) is 4.97. The van der Waals surface area contributed by atoms with E-state index in [1.54, 1.807) is 17.0 Å². The van der Waals surface area contributed by atoms with E-state index in [0.717, 1.165) is 11.1 Å². The molecule has 0 saturated heterocycles. The smallest absolute Gasteiger partial charge is 0.254 e. The van der Waals surface area contributed by atoms with Gasteiger partial charge in [0.05, 0.1) is 31.2 Å². The van der Waals surface area contributed by atoms with E-state index in [1.165, 1.54) is 32.4 Å². The Labute approximate surface area is 201 Å². The molecule has 6 nitrogen and oxygen atoms in total. The van der Waals surface area contributed by atoms with Crippen molar-refractivity contribution in [2.45, 2.75) is 18.4 Å². The second kappa shape index (κ2) is 8.65. The molecule has 0 aromatic heterocycles. The van der Waals surface area contributed by atoms with Crippen molar-refractivity contribution in [2.24, 2.45) is 0 Å². The van der Waals surface area contributed by atoms with Crippen LogP contribution in [0.2, 0.25) is 5.02 Å². The minimum absolute atomic E-state index is 0.0898. The molecule has 0 spiro atoms. The number of amides is 2. The van der Waals surface area contributed by atoms with Gasteiger partial charge in [0.15, 0.2) is 11.5 Å². The number of anilines is 1. The number of hydrogen-bond acceptors (Lipinski definition) is 4. The number of carbonyl (C=O) groups is 2. The summed E-state index contributed by atoms with van der Waals surface area (Å²) in [6.45, 7) is 0.487. The van der Waals surface area contributed by atoms with Crippen molar-refractivity contribution >= 4 is 29.1 Å². The Morgan fingerprint density at radius 1 is 1.06 bits per heavy atom. The molecule has 3 aromatic rings. The van der Waals surface area contributed by atoms with Gasteiger partial charge in [0.1, 0.15) is 5.82 Å². The average molecular weight is 481 g/mol. The lowest BCUT2D eigenvalue weighted by atomic mass is 9.75. The van der Waals surface area contributed by atoms with Gasteiger partial charge in [0.2, 0.25) is 5.91 Å². The van der Waals surface area contributed by atoms with Crippen LogP contribution in [0.1, 0.15) is 39.0 Å². The lowest BCUT2D eigenvalue weighted by Crippen LogP contribution is -2.49. The molecule has 2 aliphatic rings. The van der Waals surface area contributed by atoms with E-state index in [0.29, 0.717) is 41.3 Å². The molecule has 174 valence electrons. The van der Waals surface area contributed by atoms with Crippen LogP contribution in [0, 0.1) is 5.82 Å². The summed E-state index contributed by atoms with van der Waals surface area (Å²) in [6.07, 6.45) is 0.697. The maximum atomic E-state index is 13.8. The van der Waals surface area contributed by atoms with Gasteiger partial charge in [-0.3, -0.25) is 9.59 Å². The standard InChI is InChI=1S/C26H22ClFN2O4/c1-33-21-12-17-18(13-22(21)34-2)26(32)30-10-9-14-5-3-4-6-16(14)24(30)23(17)25(31)29-15-7-8-20(28)19(27)11-15/h3-8,11-13,23-24H,9-10H2,1-2H3,(H,29,31). The number of carbonyl (C=O) groups excluding carboxylic acids is 2. The molecule has 2 aliphatic heterocycles. The molecular weight excluding hydrogens is 459 g/mol. The minimum atomic E-state index is -0.738. The first-order valence-corrected chi connectivity index (χ1v) is 11.2. The molecule has 5 rings (SSSR count). The zero-order valence-corrected chi connectivity index (χ0v) is 19.4. The van der Waals surface area contributed by atoms with Crippen LogP contribution in [0.15, 0.2) is 54.6 Å². The Bertz CT molecular complexity index is 1310. The zero-order valence-electron chi connectivity index (χ0n) is 18.6. The van der Waals surface area contributed by atoms with Crippen molar-refractivity contribution in [3.63, 3.8) is 0 Å². The normalized spacial score (nSPS) is 18.5. The van der Waals surface area contributed by atoms with Crippen LogP contribution in [-0.2, 0) is 11.2 Å². The Morgan fingerprint density at radius 2 is 1.79 bits per heavy atom. The summed E-state index contributed by atoms with van der Waals surface area (Å²) in [5.41, 5.74) is 3.34. The lowest BCUT2D eigenvalue weighted by molar-refractivity contribution is -0.119. The number of halogens is 2. The molecule has 0 aliphatic carbocycles. The van der Waals surface area contributed by atoms with Crippen LogP contribution in [0.25, 0.3) is 0 Å². The quantitative estimate of drug-likeness (QED) is 0.572. The topological polar surface area (TPSA) is 67.9 Å². The largest absolute Gasteiger partial charge is 0.493 e. The third kappa shape index (κ3) is 3.56. The number of nitrogens with zero attached hydrogens (tertiary/aromatic N) is 1. The molecule has 0 fully saturated rings. The maximum Gasteiger partial charge on any atom is 0.254 e. The second-order valence-corrected chi connectivity index (χ2v) is 8.69. The Morgan fingerprint density at radius 3 is 2.53 bits per heavy atom. The van der Waals surface area contributed by atoms with Crippen molar-refractivity contribution in [1.82, 2.24) is 4.90 Å². The number of rotatable bonds is 4. The van der Waals surface area contributed by atoms with Crippen LogP contribution in [0.3, 0.4) is 0 Å². The van der Waals surface area contributed by atoms with Crippen LogP contribution < -0.4 is 14.8 Å². The van der Waals surface area contributed by atoms with Crippen LogP contribution in [0.4, 0.5) is 10.1 Å². The highest BCUT2D eigenvalue weighted by Gasteiger charge is 2.47. The molecule has 8 heteroatoms. The summed E-state index contributed by atoms with van der Waals surface area (Å²) in [7, 11) is 3.01. The van der Waals surface area contributed by atoms with Gasteiger partial charge in [-0.2, -0.15) is 0 Å². The Hall–Kier alpha value is -3.58. The van der Waals surface area contributed by atoms with Crippen LogP contribution in [-0.4, -0.2) is 37.5 Å². The maximum absolute atomic E-state index is 13.8. The minimum Gasteiger partial charge on any atom is -0.493 e. The van der Waals surface area contributed by atoms with Gasteiger partial charge in [-0.1, -0.05) is 35.9 Å². The van der Waals surface area contributed by atoms with Crippen molar-refractivity contribution in [1.29, 1.82) is 0 Å². The van der Waals surface area contributed by atoms with Gasteiger partial charge in [-0.25, -0.2) is 4.39 Å². The number of hydrogen-bond donors (Lipinski definition) is 1. The molecule has 0 radical (unpaired) electrons. The van der Waals surface area contributed by atoms with Crippen molar-refractivity contribution in [3.05, 3.63) is 87.7 Å². The fraction of sp³-hybridized carbons (Fsp3) is 0.231. The Kier molecular flexibility index (Phi) is 5.65. The summed E-state index contributed by atoms with van der Waals surface area (Å²) in [6, 6.07) is 14.7. The summed E-state index contributed by atoms with van der Waals surface area (Å²) in [5, 5.41) is 2.78. The fourth-order valence-corrected chi connectivity index (χ4v) is 5.11. The van der Waals surface area contributed by atoms with Gasteiger partial charge >= 0.3 is 0 Å². The molecule has 34 heavy (non-hydrogen) atoms. The number of ether oxygens (including phenoxy) is 2. The number of benzene rings is 3. The molecule has 0 bridgehead atoms. The highest BCUT2D eigenvalue weighted by molar-refractivity contribution is 6.31. The Balaban J connectivity index is 1.67. The van der Waals surface area contributed by atoms with Crippen LogP contribution >= 0.6 is 11.6 Å². The van der Waals surface area contributed by atoms with E-state index in [-0.39, 0.29) is 16.8 Å². The first-order chi connectivity index (χ1) is 16.4. The molecular formula is C26H22ClFN2O4. The SMILES string of the molecule is COc1cc2c(cc1OC)C(C(=O)Nc1ccc(F)c(Cl)c1)C1c3ccccc3CCN1C2=O. The summed E-state index contributed by atoms with van der Waals surface area (Å²) >= 11 is 5.92. The van der Waals surface area contributed by atoms with Gasteiger partial charge in [0.25, 0.3) is 5.91 Å². The molecule has 2 atom stereocenters. The third-order valence-electron chi connectivity index (χ3n) is 6.50. The summed E-state index contributed by atoms with van der Waals surface area (Å²) in [5.74, 6) is -0.973. The molecule has 0 saturated carbocycles. The van der Waals surface area contributed by atoms with E-state index in [9.17, 15) is 14.0 Å². The van der Waals surface area contributed by atoms with Gasteiger partial charge < -0.3 is 19.7 Å². The van der Waals surface area contributed by atoms with E-state index in [1.807, 2.05) is 24.3 Å². The number of nitrogens with one attached hydrogen (secondary N) is 1. The van der Waals surface area contributed by atoms with Gasteiger partial charge in [0, 0.05) is 17.8 Å². The molecule has 1 N–H and O–H groups in total. The molecule has 3 aromatic carbocycles. The van der Waals surface area contributed by atoms with E-state index >= 15 is 0 Å². The van der Waals surface area contributed by atoms with Crippen molar-refractivity contribution < 1.29 is 23.5 Å². The molecule has 2 heterocycles. The third-order valence-corrected chi connectivity index (χ3v) is 6.79. The van der Waals surface area contributed by atoms with E-state index in [4.69, 9.17) is 21.1 Å². The molecule has 2 unspecified atom stereocenters. The first kappa shape index (κ1) is 22.2. The zero-order chi connectivity index (χ0) is 24.0. The van der Waals surface area contributed by atoms with Crippen molar-refractivity contribution in [2.75, 3.05) is 26.1 Å². The number of methoxy groups -OCH3 is 2. The predicted molar refractivity (Wildman–Crippen MR) is 126 cm³/mol.